The number of aromatic nitrogens is 1. The van der Waals surface area contributed by atoms with Crippen LogP contribution in [-0.4, -0.2) is 61.3 Å². The molecule has 0 bridgehead atoms. The molecule has 2 aromatic rings. The van der Waals surface area contributed by atoms with Gasteiger partial charge in [-0.2, -0.15) is 0 Å². The molecule has 0 amide bonds. The van der Waals surface area contributed by atoms with Crippen molar-refractivity contribution in [2.24, 2.45) is 10.7 Å². The number of rotatable bonds is 6. The molecule has 156 valence electrons. The number of piperazine rings is 1. The number of guanidine groups is 1. The maximum absolute atomic E-state index is 6.23. The Bertz CT molecular complexity index is 767. The van der Waals surface area contributed by atoms with Gasteiger partial charge in [0.2, 0.25) is 0 Å². The second-order valence-corrected chi connectivity index (χ2v) is 8.28. The lowest BCUT2D eigenvalue weighted by molar-refractivity contribution is -0.0390. The van der Waals surface area contributed by atoms with Crippen molar-refractivity contribution in [1.29, 1.82) is 0 Å². The summed E-state index contributed by atoms with van der Waals surface area (Å²) in [6, 6.07) is 8.46. The van der Waals surface area contributed by atoms with Crippen LogP contribution in [0.15, 0.2) is 40.8 Å². The number of hydrogen-bond acceptors (Lipinski definition) is 6. The highest BCUT2D eigenvalue weighted by Gasteiger charge is 2.19. The van der Waals surface area contributed by atoms with Crippen LogP contribution in [0.25, 0.3) is 0 Å². The van der Waals surface area contributed by atoms with Crippen LogP contribution in [0.2, 0.25) is 0 Å². The summed E-state index contributed by atoms with van der Waals surface area (Å²) in [6.45, 7) is 6.46. The van der Waals surface area contributed by atoms with E-state index in [4.69, 9.17) is 15.2 Å². The van der Waals surface area contributed by atoms with E-state index in [2.05, 4.69) is 44.0 Å². The molecule has 0 atom stereocenters. The number of thiazole rings is 1. The number of anilines is 1. The van der Waals surface area contributed by atoms with Crippen LogP contribution in [0.3, 0.4) is 0 Å². The van der Waals surface area contributed by atoms with Gasteiger partial charge >= 0.3 is 0 Å². The summed E-state index contributed by atoms with van der Waals surface area (Å²) < 4.78 is 11.3. The Morgan fingerprint density at radius 1 is 1.14 bits per heavy atom. The van der Waals surface area contributed by atoms with Gasteiger partial charge in [0.25, 0.3) is 0 Å². The van der Waals surface area contributed by atoms with E-state index in [0.717, 1.165) is 62.9 Å². The van der Waals surface area contributed by atoms with Gasteiger partial charge in [-0.3, -0.25) is 0 Å². The Hall–Kier alpha value is -2.16. The fourth-order valence-electron chi connectivity index (χ4n) is 3.57. The van der Waals surface area contributed by atoms with E-state index in [1.54, 1.807) is 11.3 Å². The highest BCUT2D eigenvalue weighted by molar-refractivity contribution is 7.13. The molecule has 8 heteroatoms. The standard InChI is InChI=1S/C21H29N5O2S/c22-20(25-8-10-26(11-9-25)21-23-7-14-29-21)24-15-17-1-3-18(4-2-17)16-28-19-5-12-27-13-6-19/h1-4,7,14,19H,5-6,8-13,15-16H2,(H2,22,24). The minimum absolute atomic E-state index is 0.323. The lowest BCUT2D eigenvalue weighted by Gasteiger charge is -2.35. The van der Waals surface area contributed by atoms with Gasteiger partial charge in [0.05, 0.1) is 19.3 Å². The van der Waals surface area contributed by atoms with Gasteiger partial charge in [0.15, 0.2) is 11.1 Å². The first-order valence-corrected chi connectivity index (χ1v) is 11.1. The van der Waals surface area contributed by atoms with E-state index in [0.29, 0.717) is 25.2 Å². The summed E-state index contributed by atoms with van der Waals surface area (Å²) >= 11 is 1.68. The molecule has 2 aliphatic rings. The first kappa shape index (κ1) is 20.1. The van der Waals surface area contributed by atoms with Gasteiger partial charge in [-0.25, -0.2) is 9.98 Å². The molecule has 2 fully saturated rings. The Balaban J connectivity index is 1.22. The molecule has 1 aromatic heterocycles. The summed E-state index contributed by atoms with van der Waals surface area (Å²) in [5, 5.41) is 3.10. The predicted octanol–water partition coefficient (Wildman–Crippen LogP) is 2.48. The van der Waals surface area contributed by atoms with Crippen LogP contribution < -0.4 is 10.6 Å². The zero-order valence-corrected chi connectivity index (χ0v) is 17.5. The molecular formula is C21H29N5O2S. The minimum Gasteiger partial charge on any atom is -0.381 e. The zero-order valence-electron chi connectivity index (χ0n) is 16.7. The first-order chi connectivity index (χ1) is 14.3. The third-order valence-electron chi connectivity index (χ3n) is 5.39. The van der Waals surface area contributed by atoms with Gasteiger partial charge in [-0.15, -0.1) is 11.3 Å². The predicted molar refractivity (Wildman–Crippen MR) is 116 cm³/mol. The first-order valence-electron chi connectivity index (χ1n) is 10.2. The highest BCUT2D eigenvalue weighted by atomic mass is 32.1. The van der Waals surface area contributed by atoms with Crippen molar-refractivity contribution in [3.05, 3.63) is 47.0 Å². The molecule has 1 aromatic carbocycles. The van der Waals surface area contributed by atoms with Crippen LogP contribution in [0.1, 0.15) is 24.0 Å². The largest absolute Gasteiger partial charge is 0.381 e. The highest BCUT2D eigenvalue weighted by Crippen LogP contribution is 2.19. The van der Waals surface area contributed by atoms with E-state index in [-0.39, 0.29) is 0 Å². The molecule has 2 N–H and O–H groups in total. The summed E-state index contributed by atoms with van der Waals surface area (Å²) in [6.07, 6.45) is 4.16. The van der Waals surface area contributed by atoms with E-state index in [1.165, 1.54) is 5.56 Å². The van der Waals surface area contributed by atoms with Gasteiger partial charge in [-0.1, -0.05) is 24.3 Å². The maximum Gasteiger partial charge on any atom is 0.191 e. The minimum atomic E-state index is 0.323. The third-order valence-corrected chi connectivity index (χ3v) is 6.23. The summed E-state index contributed by atoms with van der Waals surface area (Å²) in [5.74, 6) is 0.621. The van der Waals surface area contributed by atoms with Crippen molar-refractivity contribution >= 4 is 22.4 Å². The lowest BCUT2D eigenvalue weighted by atomic mass is 10.1. The monoisotopic (exact) mass is 415 g/mol. The molecule has 4 rings (SSSR count). The van der Waals surface area contributed by atoms with Gasteiger partial charge < -0.3 is 25.0 Å². The van der Waals surface area contributed by atoms with Crippen LogP contribution in [0.5, 0.6) is 0 Å². The Morgan fingerprint density at radius 2 is 1.86 bits per heavy atom. The van der Waals surface area contributed by atoms with Crippen molar-refractivity contribution < 1.29 is 9.47 Å². The number of benzene rings is 1. The van der Waals surface area contributed by atoms with Crippen molar-refractivity contribution in [2.75, 3.05) is 44.3 Å². The Morgan fingerprint density at radius 3 is 2.55 bits per heavy atom. The average molecular weight is 416 g/mol. The normalized spacial score (nSPS) is 19.0. The van der Waals surface area contributed by atoms with E-state index in [1.807, 2.05) is 11.6 Å². The molecule has 0 saturated carbocycles. The SMILES string of the molecule is NC(=NCc1ccc(COC2CCOCC2)cc1)N1CCN(c2nccs2)CC1. The van der Waals surface area contributed by atoms with E-state index < -0.39 is 0 Å². The van der Waals surface area contributed by atoms with Gasteiger partial charge in [0, 0.05) is 51.0 Å². The number of nitrogens with zero attached hydrogens (tertiary/aromatic N) is 4. The molecular weight excluding hydrogens is 386 g/mol. The molecule has 3 heterocycles. The molecule has 0 unspecified atom stereocenters. The Kier molecular flexibility index (Phi) is 6.97. The topological polar surface area (TPSA) is 76.2 Å². The molecule has 2 saturated heterocycles. The van der Waals surface area contributed by atoms with Crippen LogP contribution >= 0.6 is 11.3 Å². The summed E-state index contributed by atoms with van der Waals surface area (Å²) in [7, 11) is 0. The number of aliphatic imine (C=N–C) groups is 1. The fourth-order valence-corrected chi connectivity index (χ4v) is 4.27. The van der Waals surface area contributed by atoms with Crippen LogP contribution in [0.4, 0.5) is 5.13 Å². The summed E-state index contributed by atoms with van der Waals surface area (Å²) in [4.78, 5) is 13.4. The number of hydrogen-bond donors (Lipinski definition) is 1. The zero-order chi connectivity index (χ0) is 19.9. The molecule has 0 spiro atoms. The molecule has 0 aliphatic carbocycles. The fraction of sp³-hybridized carbons (Fsp3) is 0.524. The molecule has 29 heavy (non-hydrogen) atoms. The molecule has 0 radical (unpaired) electrons. The van der Waals surface area contributed by atoms with Crippen LogP contribution in [-0.2, 0) is 22.6 Å². The van der Waals surface area contributed by atoms with Crippen molar-refractivity contribution in [3.8, 4) is 0 Å². The van der Waals surface area contributed by atoms with Gasteiger partial charge in [-0.05, 0) is 24.0 Å². The van der Waals surface area contributed by atoms with E-state index in [9.17, 15) is 0 Å². The Labute approximate surface area is 176 Å². The lowest BCUT2D eigenvalue weighted by Crippen LogP contribution is -2.51. The van der Waals surface area contributed by atoms with Gasteiger partial charge in [0.1, 0.15) is 0 Å². The quantitative estimate of drug-likeness (QED) is 0.577. The van der Waals surface area contributed by atoms with Crippen molar-refractivity contribution in [2.45, 2.75) is 32.1 Å². The average Bonchev–Trinajstić information content (AvgIpc) is 3.33. The smallest absolute Gasteiger partial charge is 0.191 e. The van der Waals surface area contributed by atoms with E-state index >= 15 is 0 Å². The van der Waals surface area contributed by atoms with Crippen molar-refractivity contribution in [3.63, 3.8) is 0 Å². The summed E-state index contributed by atoms with van der Waals surface area (Å²) in [5.41, 5.74) is 8.58. The maximum atomic E-state index is 6.23. The second kappa shape index (κ2) is 10.0. The molecule has 2 aliphatic heterocycles. The molecule has 7 nitrogen and oxygen atoms in total. The second-order valence-electron chi connectivity index (χ2n) is 7.40. The van der Waals surface area contributed by atoms with Crippen molar-refractivity contribution in [1.82, 2.24) is 9.88 Å². The number of nitrogens with two attached hydrogens (primary N) is 1. The number of ether oxygens (including phenoxy) is 2. The van der Waals surface area contributed by atoms with Crippen LogP contribution in [0, 0.1) is 0 Å². The third kappa shape index (κ3) is 5.68.